The third kappa shape index (κ3) is 6.22. The molecule has 12 heteroatoms. The lowest BCUT2D eigenvalue weighted by Crippen LogP contribution is -2.38. The lowest BCUT2D eigenvalue weighted by molar-refractivity contribution is -0.138. The quantitative estimate of drug-likeness (QED) is 0.351. The van der Waals surface area contributed by atoms with Crippen LogP contribution in [-0.4, -0.2) is 62.1 Å². The molecule has 0 bridgehead atoms. The van der Waals surface area contributed by atoms with E-state index in [1.807, 2.05) is 6.07 Å². The molecular formula is C28H29ClF3N5O2S. The molecule has 0 spiro atoms. The van der Waals surface area contributed by atoms with Crippen molar-refractivity contribution in [1.29, 1.82) is 0 Å². The molecule has 1 fully saturated rings. The van der Waals surface area contributed by atoms with Crippen LogP contribution in [0.1, 0.15) is 43.4 Å². The average Bonchev–Trinajstić information content (AvgIpc) is 3.57. The van der Waals surface area contributed by atoms with E-state index in [-0.39, 0.29) is 41.7 Å². The number of likely N-dealkylation sites (tertiary alicyclic amines) is 1. The van der Waals surface area contributed by atoms with Crippen molar-refractivity contribution in [3.05, 3.63) is 69.2 Å². The van der Waals surface area contributed by atoms with Gasteiger partial charge in [-0.1, -0.05) is 37.6 Å². The third-order valence-electron chi connectivity index (χ3n) is 6.96. The van der Waals surface area contributed by atoms with Crippen LogP contribution in [0.5, 0.6) is 0 Å². The second-order valence-corrected chi connectivity index (χ2v) is 11.7. The van der Waals surface area contributed by atoms with Gasteiger partial charge in [-0.2, -0.15) is 23.3 Å². The van der Waals surface area contributed by atoms with Crippen LogP contribution in [0, 0.1) is 0 Å². The normalized spacial score (nSPS) is 20.9. The summed E-state index contributed by atoms with van der Waals surface area (Å²) < 4.78 is 42.2. The Hall–Kier alpha value is -2.86. The van der Waals surface area contributed by atoms with Gasteiger partial charge in [0.1, 0.15) is 0 Å². The fourth-order valence-electron chi connectivity index (χ4n) is 5.27. The van der Waals surface area contributed by atoms with Crippen molar-refractivity contribution in [2.45, 2.75) is 57.5 Å². The molecule has 40 heavy (non-hydrogen) atoms. The van der Waals surface area contributed by atoms with E-state index in [2.05, 4.69) is 34.2 Å². The number of aliphatic hydroxyl groups excluding tert-OH is 1. The Balaban J connectivity index is 1.34. The third-order valence-corrected chi connectivity index (χ3v) is 8.22. The van der Waals surface area contributed by atoms with Crippen molar-refractivity contribution in [3.63, 3.8) is 0 Å². The highest BCUT2D eigenvalue weighted by atomic mass is 35.5. The number of nitrogens with one attached hydrogen (secondary N) is 1. The first-order valence-corrected chi connectivity index (χ1v) is 14.2. The van der Waals surface area contributed by atoms with Gasteiger partial charge in [-0.05, 0) is 66.1 Å². The molecular weight excluding hydrogens is 563 g/mol. The van der Waals surface area contributed by atoms with E-state index in [1.165, 1.54) is 28.6 Å². The number of aliphatic imine (C=N–C) groups is 1. The number of thioether (sulfide) groups is 1. The highest BCUT2D eigenvalue weighted by Crippen LogP contribution is 2.36. The summed E-state index contributed by atoms with van der Waals surface area (Å²) in [5.74, 6) is -0.318. The molecule has 2 aliphatic rings. The fraction of sp³-hybridized carbons (Fsp3) is 0.393. The van der Waals surface area contributed by atoms with Gasteiger partial charge < -0.3 is 15.3 Å². The largest absolute Gasteiger partial charge is 0.416 e. The zero-order chi connectivity index (χ0) is 28.6. The second kappa shape index (κ2) is 11.6. The molecule has 2 aromatic carbocycles. The Bertz CT molecular complexity index is 1490. The molecule has 212 valence electrons. The molecule has 7 nitrogen and oxygen atoms in total. The Morgan fingerprint density at radius 1 is 1.25 bits per heavy atom. The molecule has 0 radical (unpaired) electrons. The monoisotopic (exact) mass is 591 g/mol. The first-order valence-electron chi connectivity index (χ1n) is 13.0. The van der Waals surface area contributed by atoms with Gasteiger partial charge in [-0.25, -0.2) is 0 Å². The number of amidine groups is 1. The molecule has 3 aromatic rings. The van der Waals surface area contributed by atoms with Crippen LogP contribution in [0.4, 0.5) is 13.2 Å². The van der Waals surface area contributed by atoms with Gasteiger partial charge in [0.2, 0.25) is 0 Å². The molecule has 0 saturated carbocycles. The molecule has 0 unspecified atom stereocenters. The standard InChI is InChI=1S/C28H29ClF3N5O2S/c1-16(2)34-21-12-22(7-8-38)36(15-21)27-35-26(39)25(40-27)10-17-3-6-24-19(9-17)13-33-37(24)14-18-4-5-20(29)11-23(18)28(30,31)32/h3-6,9-11,13,16,21-22,34,38H,7-8,12,14-15H2,1-2H3/b25-10-/t21-,22+/m1/s1. The Morgan fingerprint density at radius 3 is 2.77 bits per heavy atom. The summed E-state index contributed by atoms with van der Waals surface area (Å²) in [6.07, 6.45) is 0.296. The summed E-state index contributed by atoms with van der Waals surface area (Å²) in [6.45, 7) is 4.89. The summed E-state index contributed by atoms with van der Waals surface area (Å²) >= 11 is 7.13. The smallest absolute Gasteiger partial charge is 0.396 e. The summed E-state index contributed by atoms with van der Waals surface area (Å²) in [7, 11) is 0. The molecule has 5 rings (SSSR count). The maximum atomic E-state index is 13.6. The van der Waals surface area contributed by atoms with Gasteiger partial charge in [0.05, 0.1) is 28.7 Å². The highest BCUT2D eigenvalue weighted by Gasteiger charge is 2.37. The highest BCUT2D eigenvalue weighted by molar-refractivity contribution is 8.18. The summed E-state index contributed by atoms with van der Waals surface area (Å²) in [6, 6.07) is 9.83. The van der Waals surface area contributed by atoms with Crippen molar-refractivity contribution in [3.8, 4) is 0 Å². The number of rotatable bonds is 7. The Kier molecular flexibility index (Phi) is 8.28. The van der Waals surface area contributed by atoms with Crippen LogP contribution in [-0.2, 0) is 17.5 Å². The zero-order valence-corrected chi connectivity index (χ0v) is 23.5. The Labute approximate surface area is 239 Å². The topological polar surface area (TPSA) is 82.8 Å². The van der Waals surface area contributed by atoms with Crippen LogP contribution < -0.4 is 5.32 Å². The van der Waals surface area contributed by atoms with E-state index < -0.39 is 11.7 Å². The van der Waals surface area contributed by atoms with Crippen LogP contribution in [0.3, 0.4) is 0 Å². The molecule has 2 aliphatic heterocycles. The average molecular weight is 592 g/mol. The number of fused-ring (bicyclic) bond motifs is 1. The molecule has 2 N–H and O–H groups in total. The molecule has 2 atom stereocenters. The summed E-state index contributed by atoms with van der Waals surface area (Å²) in [5.41, 5.74) is 0.704. The number of amides is 1. The SMILES string of the molecule is CC(C)N[C@@H]1C[C@H](CCO)N(C2=NC(=O)/C(=C/c3ccc4c(cnn4Cc4ccc(Cl)cc4C(F)(F)F)c3)S2)C1. The maximum absolute atomic E-state index is 13.6. The number of alkyl halides is 3. The van der Waals surface area contributed by atoms with E-state index >= 15 is 0 Å². The number of nitrogens with zero attached hydrogens (tertiary/aromatic N) is 4. The minimum absolute atomic E-state index is 0.0197. The predicted molar refractivity (Wildman–Crippen MR) is 152 cm³/mol. The maximum Gasteiger partial charge on any atom is 0.416 e. The van der Waals surface area contributed by atoms with E-state index in [1.54, 1.807) is 24.4 Å². The predicted octanol–water partition coefficient (Wildman–Crippen LogP) is 5.55. The molecule has 3 heterocycles. The number of benzene rings is 2. The Morgan fingerprint density at radius 2 is 2.05 bits per heavy atom. The first kappa shape index (κ1) is 28.7. The van der Waals surface area contributed by atoms with E-state index in [4.69, 9.17) is 11.6 Å². The van der Waals surface area contributed by atoms with Gasteiger partial charge in [-0.15, -0.1) is 0 Å². The van der Waals surface area contributed by atoms with Gasteiger partial charge in [0.25, 0.3) is 5.91 Å². The molecule has 0 aliphatic carbocycles. The van der Waals surface area contributed by atoms with E-state index in [9.17, 15) is 23.1 Å². The lowest BCUT2D eigenvalue weighted by Gasteiger charge is -2.24. The van der Waals surface area contributed by atoms with Crippen LogP contribution in [0.2, 0.25) is 5.02 Å². The molecule has 1 amide bonds. The van der Waals surface area contributed by atoms with Crippen molar-refractivity contribution in [2.24, 2.45) is 4.99 Å². The molecule has 1 aromatic heterocycles. The van der Waals surface area contributed by atoms with Crippen molar-refractivity contribution in [1.82, 2.24) is 20.0 Å². The first-order chi connectivity index (χ1) is 19.0. The van der Waals surface area contributed by atoms with E-state index in [0.717, 1.165) is 23.4 Å². The van der Waals surface area contributed by atoms with Crippen molar-refractivity contribution in [2.75, 3.05) is 13.2 Å². The number of aromatic nitrogens is 2. The number of halogens is 4. The lowest BCUT2D eigenvalue weighted by atomic mass is 10.1. The van der Waals surface area contributed by atoms with Gasteiger partial charge in [-0.3, -0.25) is 9.48 Å². The molecule has 1 saturated heterocycles. The van der Waals surface area contributed by atoms with Gasteiger partial charge in [0.15, 0.2) is 5.17 Å². The van der Waals surface area contributed by atoms with Crippen LogP contribution in [0.25, 0.3) is 17.0 Å². The number of carbonyl (C=O) groups is 1. The van der Waals surface area contributed by atoms with Crippen molar-refractivity contribution >= 4 is 51.4 Å². The fourth-order valence-corrected chi connectivity index (χ4v) is 6.44. The minimum Gasteiger partial charge on any atom is -0.396 e. The van der Waals surface area contributed by atoms with Crippen LogP contribution in [0.15, 0.2) is 52.5 Å². The minimum atomic E-state index is -4.53. The van der Waals surface area contributed by atoms with E-state index in [0.29, 0.717) is 34.6 Å². The zero-order valence-electron chi connectivity index (χ0n) is 22.0. The number of aliphatic hydroxyl groups is 1. The number of hydrogen-bond acceptors (Lipinski definition) is 6. The number of hydrogen-bond donors (Lipinski definition) is 2. The summed E-state index contributed by atoms with van der Waals surface area (Å²) in [4.78, 5) is 19.7. The van der Waals surface area contributed by atoms with Crippen molar-refractivity contribution < 1.29 is 23.1 Å². The van der Waals surface area contributed by atoms with Crippen LogP contribution >= 0.6 is 23.4 Å². The second-order valence-electron chi connectivity index (χ2n) is 10.3. The van der Waals surface area contributed by atoms with Gasteiger partial charge >= 0.3 is 6.18 Å². The van der Waals surface area contributed by atoms with Gasteiger partial charge in [0, 0.05) is 41.7 Å². The summed E-state index contributed by atoms with van der Waals surface area (Å²) in [5, 5.41) is 18.8. The number of carbonyl (C=O) groups excluding carboxylic acids is 1.